The molecule has 0 heterocycles. The summed E-state index contributed by atoms with van der Waals surface area (Å²) in [7, 11) is 1.54. The zero-order valence-electron chi connectivity index (χ0n) is 11.4. The number of carbonyl (C=O) groups is 1. The molecule has 0 unspecified atom stereocenters. The Labute approximate surface area is 121 Å². The molecule has 2 aromatic rings. The summed E-state index contributed by atoms with van der Waals surface area (Å²) in [6.07, 6.45) is 0. The maximum Gasteiger partial charge on any atom is 0.262 e. The molecule has 0 radical (unpaired) electrons. The number of amides is 1. The fourth-order valence-corrected chi connectivity index (χ4v) is 1.64. The van der Waals surface area contributed by atoms with Gasteiger partial charge in [0.1, 0.15) is 17.3 Å². The van der Waals surface area contributed by atoms with Gasteiger partial charge in [0.25, 0.3) is 5.91 Å². The summed E-state index contributed by atoms with van der Waals surface area (Å²) in [4.78, 5) is 11.7. The van der Waals surface area contributed by atoms with Gasteiger partial charge in [0.05, 0.1) is 12.8 Å². The lowest BCUT2D eigenvalue weighted by molar-refractivity contribution is -0.118. The zero-order chi connectivity index (χ0) is 15.2. The summed E-state index contributed by atoms with van der Waals surface area (Å²) in [6, 6.07) is 10.9. The topological polar surface area (TPSA) is 73.6 Å². The molecule has 0 saturated carbocycles. The number of halogens is 1. The molecule has 21 heavy (non-hydrogen) atoms. The van der Waals surface area contributed by atoms with E-state index in [-0.39, 0.29) is 24.0 Å². The summed E-state index contributed by atoms with van der Waals surface area (Å²) in [5.41, 5.74) is 5.97. The van der Waals surface area contributed by atoms with Crippen molar-refractivity contribution < 1.29 is 18.7 Å². The van der Waals surface area contributed by atoms with Gasteiger partial charge in [-0.1, -0.05) is 6.07 Å². The second-order valence-electron chi connectivity index (χ2n) is 4.25. The molecule has 3 N–H and O–H groups in total. The summed E-state index contributed by atoms with van der Waals surface area (Å²) >= 11 is 0. The van der Waals surface area contributed by atoms with Gasteiger partial charge in [-0.05, 0) is 24.3 Å². The first kappa shape index (κ1) is 14.6. The molecule has 0 spiro atoms. The Hall–Kier alpha value is -2.76. The predicted octanol–water partition coefficient (Wildman–Crippen LogP) is 2.43. The summed E-state index contributed by atoms with van der Waals surface area (Å²) in [6.45, 7) is -0.236. The monoisotopic (exact) mass is 290 g/mol. The van der Waals surface area contributed by atoms with Crippen LogP contribution in [0.4, 0.5) is 15.8 Å². The number of hydrogen-bond acceptors (Lipinski definition) is 4. The summed E-state index contributed by atoms with van der Waals surface area (Å²) in [5.74, 6) is -0.0713. The van der Waals surface area contributed by atoms with Crippen LogP contribution in [-0.2, 0) is 4.79 Å². The quantitative estimate of drug-likeness (QED) is 0.829. The van der Waals surface area contributed by atoms with E-state index in [0.29, 0.717) is 11.4 Å². The number of hydrogen-bond donors (Lipinski definition) is 2. The Morgan fingerprint density at radius 3 is 2.76 bits per heavy atom. The minimum absolute atomic E-state index is 0.0307. The molecule has 5 nitrogen and oxygen atoms in total. The number of anilines is 2. The van der Waals surface area contributed by atoms with Crippen molar-refractivity contribution in [2.45, 2.75) is 0 Å². The molecule has 6 heteroatoms. The molecule has 2 aromatic carbocycles. The van der Waals surface area contributed by atoms with Crippen molar-refractivity contribution in [3.8, 4) is 11.5 Å². The van der Waals surface area contributed by atoms with Gasteiger partial charge in [0.15, 0.2) is 6.61 Å². The van der Waals surface area contributed by atoms with Gasteiger partial charge in [-0.25, -0.2) is 4.39 Å². The van der Waals surface area contributed by atoms with Gasteiger partial charge in [-0.15, -0.1) is 0 Å². The molecule has 1 amide bonds. The SMILES string of the molecule is COc1cccc(NC(=O)COc2ccc(N)c(F)c2)c1. The average molecular weight is 290 g/mol. The highest BCUT2D eigenvalue weighted by Gasteiger charge is 2.06. The minimum Gasteiger partial charge on any atom is -0.497 e. The second-order valence-corrected chi connectivity index (χ2v) is 4.25. The molecule has 0 aliphatic rings. The number of ether oxygens (including phenoxy) is 2. The highest BCUT2D eigenvalue weighted by molar-refractivity contribution is 5.92. The molecular formula is C15H15FN2O3. The molecule has 0 bridgehead atoms. The zero-order valence-corrected chi connectivity index (χ0v) is 11.4. The van der Waals surface area contributed by atoms with Crippen LogP contribution in [0.15, 0.2) is 42.5 Å². The van der Waals surface area contributed by atoms with E-state index in [1.807, 2.05) is 0 Å². The molecule has 0 fully saturated rings. The van der Waals surface area contributed by atoms with Gasteiger partial charge >= 0.3 is 0 Å². The van der Waals surface area contributed by atoms with Crippen LogP contribution in [0.3, 0.4) is 0 Å². The predicted molar refractivity (Wildman–Crippen MR) is 77.9 cm³/mol. The van der Waals surface area contributed by atoms with E-state index < -0.39 is 5.82 Å². The van der Waals surface area contributed by atoms with Gasteiger partial charge in [0, 0.05) is 17.8 Å². The molecule has 0 aliphatic heterocycles. The fraction of sp³-hybridized carbons (Fsp3) is 0.133. The smallest absolute Gasteiger partial charge is 0.262 e. The number of methoxy groups -OCH3 is 1. The molecule has 110 valence electrons. The lowest BCUT2D eigenvalue weighted by atomic mass is 10.3. The number of nitrogen functional groups attached to an aromatic ring is 1. The number of rotatable bonds is 5. The van der Waals surface area contributed by atoms with Gasteiger partial charge < -0.3 is 20.5 Å². The van der Waals surface area contributed by atoms with E-state index in [1.54, 1.807) is 31.4 Å². The van der Waals surface area contributed by atoms with Crippen LogP contribution in [0.1, 0.15) is 0 Å². The lowest BCUT2D eigenvalue weighted by Crippen LogP contribution is -2.20. The van der Waals surface area contributed by atoms with Crippen LogP contribution in [0, 0.1) is 5.82 Å². The summed E-state index contributed by atoms with van der Waals surface area (Å²) < 4.78 is 23.5. The van der Waals surface area contributed by atoms with E-state index in [4.69, 9.17) is 15.2 Å². The fourth-order valence-electron chi connectivity index (χ4n) is 1.64. The van der Waals surface area contributed by atoms with Crippen molar-refractivity contribution in [1.29, 1.82) is 0 Å². The van der Waals surface area contributed by atoms with Crippen molar-refractivity contribution in [3.63, 3.8) is 0 Å². The van der Waals surface area contributed by atoms with Crippen LogP contribution in [0.2, 0.25) is 0 Å². The first-order chi connectivity index (χ1) is 10.1. The lowest BCUT2D eigenvalue weighted by Gasteiger charge is -2.09. The maximum absolute atomic E-state index is 13.2. The van der Waals surface area contributed by atoms with E-state index in [9.17, 15) is 9.18 Å². The van der Waals surface area contributed by atoms with Crippen molar-refractivity contribution >= 4 is 17.3 Å². The largest absolute Gasteiger partial charge is 0.497 e. The maximum atomic E-state index is 13.2. The first-order valence-corrected chi connectivity index (χ1v) is 6.20. The molecular weight excluding hydrogens is 275 g/mol. The molecule has 0 atom stereocenters. The van der Waals surface area contributed by atoms with Crippen LogP contribution < -0.4 is 20.5 Å². The Bertz CT molecular complexity index is 647. The second kappa shape index (κ2) is 6.60. The highest BCUT2D eigenvalue weighted by atomic mass is 19.1. The van der Waals surface area contributed by atoms with Crippen LogP contribution in [0.25, 0.3) is 0 Å². The van der Waals surface area contributed by atoms with E-state index in [1.165, 1.54) is 12.1 Å². The van der Waals surface area contributed by atoms with Gasteiger partial charge in [-0.2, -0.15) is 0 Å². The third-order valence-electron chi connectivity index (χ3n) is 2.70. The Kier molecular flexibility index (Phi) is 4.61. The molecule has 0 aromatic heterocycles. The van der Waals surface area contributed by atoms with Crippen LogP contribution >= 0.6 is 0 Å². The third kappa shape index (κ3) is 4.10. The summed E-state index contributed by atoms with van der Waals surface area (Å²) in [5, 5.41) is 2.65. The van der Waals surface area contributed by atoms with Crippen molar-refractivity contribution in [1.82, 2.24) is 0 Å². The number of nitrogens with one attached hydrogen (secondary N) is 1. The van der Waals surface area contributed by atoms with Crippen LogP contribution in [0.5, 0.6) is 11.5 Å². The molecule has 2 rings (SSSR count). The van der Waals surface area contributed by atoms with Gasteiger partial charge in [-0.3, -0.25) is 4.79 Å². The van der Waals surface area contributed by atoms with Crippen molar-refractivity contribution in [2.24, 2.45) is 0 Å². The molecule has 0 aliphatic carbocycles. The number of carbonyl (C=O) groups excluding carboxylic acids is 1. The average Bonchev–Trinajstić information content (AvgIpc) is 2.48. The number of benzene rings is 2. The van der Waals surface area contributed by atoms with Gasteiger partial charge in [0.2, 0.25) is 0 Å². The Morgan fingerprint density at radius 2 is 2.05 bits per heavy atom. The van der Waals surface area contributed by atoms with E-state index >= 15 is 0 Å². The number of nitrogens with two attached hydrogens (primary N) is 1. The van der Waals surface area contributed by atoms with Crippen molar-refractivity contribution in [2.75, 3.05) is 24.8 Å². The normalized spacial score (nSPS) is 10.0. The van der Waals surface area contributed by atoms with E-state index in [0.717, 1.165) is 6.07 Å². The Balaban J connectivity index is 1.90. The Morgan fingerprint density at radius 1 is 1.24 bits per heavy atom. The standard InChI is InChI=1S/C15H15FN2O3/c1-20-11-4-2-3-10(7-11)18-15(19)9-21-12-5-6-14(17)13(16)8-12/h2-8H,9,17H2,1H3,(H,18,19). The highest BCUT2D eigenvalue weighted by Crippen LogP contribution is 2.19. The minimum atomic E-state index is -0.583. The molecule has 0 saturated heterocycles. The van der Waals surface area contributed by atoms with Crippen LogP contribution in [-0.4, -0.2) is 19.6 Å². The van der Waals surface area contributed by atoms with Crippen molar-refractivity contribution in [3.05, 3.63) is 48.3 Å². The third-order valence-corrected chi connectivity index (χ3v) is 2.70. The van der Waals surface area contributed by atoms with E-state index in [2.05, 4.69) is 5.32 Å². The first-order valence-electron chi connectivity index (χ1n) is 6.20.